The van der Waals surface area contributed by atoms with E-state index in [-0.39, 0.29) is 43.4 Å². The van der Waals surface area contributed by atoms with Crippen molar-refractivity contribution in [3.8, 4) is 23.0 Å². The first-order chi connectivity index (χ1) is 20.2. The van der Waals surface area contributed by atoms with Crippen LogP contribution in [0.2, 0.25) is 0 Å². The van der Waals surface area contributed by atoms with E-state index >= 15 is 0 Å². The largest absolute Gasteiger partial charge is 0.508 e. The van der Waals surface area contributed by atoms with Crippen molar-refractivity contribution in [3.05, 3.63) is 83.4 Å². The Labute approximate surface area is 253 Å². The molecule has 232 valence electrons. The number of carbonyl (C=O) groups excluding carboxylic acids is 2. The summed E-state index contributed by atoms with van der Waals surface area (Å²) in [6.45, 7) is 11.2. The zero-order chi connectivity index (χ0) is 31.8. The number of hydrogen-bond acceptors (Lipinski definition) is 9. The molecule has 3 aromatic carbocycles. The molecule has 0 aliphatic carbocycles. The predicted octanol–water partition coefficient (Wildman–Crippen LogP) is 4.95. The van der Waals surface area contributed by atoms with E-state index in [0.29, 0.717) is 29.4 Å². The van der Waals surface area contributed by atoms with E-state index in [4.69, 9.17) is 14.2 Å². The van der Waals surface area contributed by atoms with Gasteiger partial charge in [-0.1, -0.05) is 24.3 Å². The van der Waals surface area contributed by atoms with Gasteiger partial charge in [0.1, 0.15) is 35.7 Å². The Bertz CT molecular complexity index is 1280. The fourth-order valence-corrected chi connectivity index (χ4v) is 3.91. The van der Waals surface area contributed by atoms with Crippen LogP contribution < -0.4 is 19.5 Å². The second-order valence-electron chi connectivity index (χ2n) is 12.5. The number of aromatic hydroxyl groups is 1. The summed E-state index contributed by atoms with van der Waals surface area (Å²) in [7, 11) is 0. The van der Waals surface area contributed by atoms with Crippen LogP contribution in [-0.4, -0.2) is 53.1 Å². The molecule has 0 amide bonds. The molecule has 0 saturated carbocycles. The van der Waals surface area contributed by atoms with Crippen molar-refractivity contribution in [1.82, 2.24) is 5.32 Å². The van der Waals surface area contributed by atoms with Gasteiger partial charge in [-0.3, -0.25) is 9.59 Å². The van der Waals surface area contributed by atoms with Crippen LogP contribution in [0, 0.1) is 10.8 Å². The van der Waals surface area contributed by atoms with Gasteiger partial charge < -0.3 is 34.8 Å². The number of nitrogens with one attached hydrogen (secondary N) is 1. The van der Waals surface area contributed by atoms with Gasteiger partial charge >= 0.3 is 11.9 Å². The van der Waals surface area contributed by atoms with Gasteiger partial charge in [-0.05, 0) is 95.1 Å². The molecule has 0 radical (unpaired) electrons. The first kappa shape index (κ1) is 33.6. The molecule has 0 fully saturated rings. The number of ether oxygens (including phenoxy) is 3. The predicted molar refractivity (Wildman–Crippen MR) is 163 cm³/mol. The van der Waals surface area contributed by atoms with Crippen LogP contribution in [-0.2, 0) is 16.2 Å². The Kier molecular flexibility index (Phi) is 11.3. The van der Waals surface area contributed by atoms with Crippen molar-refractivity contribution < 1.29 is 39.1 Å². The summed E-state index contributed by atoms with van der Waals surface area (Å²) in [6.07, 6.45) is -0.828. The maximum atomic E-state index is 12.3. The molecule has 0 heterocycles. The molecule has 0 aromatic heterocycles. The molecule has 1 atom stereocenters. The summed E-state index contributed by atoms with van der Waals surface area (Å²) in [5.41, 5.74) is 0.989. The first-order valence-electron chi connectivity index (χ1n) is 14.3. The number of esters is 2. The minimum absolute atomic E-state index is 0.00892. The Morgan fingerprint density at radius 1 is 0.744 bits per heavy atom. The maximum absolute atomic E-state index is 12.3. The molecule has 0 aliphatic heterocycles. The Morgan fingerprint density at radius 3 is 1.65 bits per heavy atom. The highest BCUT2D eigenvalue weighted by atomic mass is 16.5. The second kappa shape index (κ2) is 14.5. The summed E-state index contributed by atoms with van der Waals surface area (Å²) >= 11 is 0. The average molecular weight is 594 g/mol. The minimum Gasteiger partial charge on any atom is -0.508 e. The molecule has 0 bridgehead atoms. The molecule has 0 saturated heterocycles. The van der Waals surface area contributed by atoms with Crippen LogP contribution >= 0.6 is 0 Å². The third-order valence-corrected chi connectivity index (χ3v) is 6.60. The minimum atomic E-state index is -0.828. The quantitative estimate of drug-likeness (QED) is 0.170. The summed E-state index contributed by atoms with van der Waals surface area (Å²) in [5.74, 6) is 0.515. The van der Waals surface area contributed by atoms with Crippen molar-refractivity contribution in [2.75, 3.05) is 19.7 Å². The van der Waals surface area contributed by atoms with Crippen molar-refractivity contribution in [2.24, 2.45) is 10.8 Å². The van der Waals surface area contributed by atoms with Gasteiger partial charge in [-0.15, -0.1) is 0 Å². The number of rotatable bonds is 12. The maximum Gasteiger partial charge on any atom is 0.316 e. The van der Waals surface area contributed by atoms with Gasteiger partial charge in [0.15, 0.2) is 0 Å². The number of benzene rings is 3. The molecule has 0 aliphatic rings. The smallest absolute Gasteiger partial charge is 0.316 e. The van der Waals surface area contributed by atoms with Gasteiger partial charge in [0.05, 0.1) is 17.4 Å². The van der Waals surface area contributed by atoms with E-state index < -0.39 is 16.9 Å². The third-order valence-electron chi connectivity index (χ3n) is 6.60. The van der Waals surface area contributed by atoms with Crippen molar-refractivity contribution in [2.45, 2.75) is 60.2 Å². The van der Waals surface area contributed by atoms with Crippen LogP contribution in [0.5, 0.6) is 23.0 Å². The summed E-state index contributed by atoms with van der Waals surface area (Å²) in [5, 5.41) is 32.9. The Hall–Kier alpha value is -3.92. The average Bonchev–Trinajstić information content (AvgIpc) is 2.95. The van der Waals surface area contributed by atoms with E-state index in [9.17, 15) is 24.9 Å². The molecule has 0 unspecified atom stereocenters. The standard InChI is InChI=1S/C34H43NO8/c1-33(2,3)31(39)42-26-11-7-22(8-12-26)29(23-9-13-27(14-10-23)43-32(40)34(4,5)6)19-35-18-25(37)21-41-28-15-16-30(38)24(17-28)20-36/h7-17,25,29,35-38H,18-21H2,1-6H3/t25-/m0/s1. The lowest BCUT2D eigenvalue weighted by atomic mass is 9.91. The SMILES string of the molecule is CC(C)(C)C(=O)Oc1ccc(C(CNC[C@H](O)COc2ccc(O)c(CO)c2)c2ccc(OC(=O)C(C)(C)C)cc2)cc1. The van der Waals surface area contributed by atoms with E-state index in [2.05, 4.69) is 5.32 Å². The fraction of sp³-hybridized carbons (Fsp3) is 0.412. The van der Waals surface area contributed by atoms with Crippen molar-refractivity contribution >= 4 is 11.9 Å². The lowest BCUT2D eigenvalue weighted by Crippen LogP contribution is -2.34. The Balaban J connectivity index is 1.70. The lowest BCUT2D eigenvalue weighted by Gasteiger charge is -2.22. The normalized spacial score (nSPS) is 12.6. The zero-order valence-corrected chi connectivity index (χ0v) is 25.7. The van der Waals surface area contributed by atoms with Gasteiger partial charge in [-0.25, -0.2) is 0 Å². The van der Waals surface area contributed by atoms with Crippen LogP contribution in [0.4, 0.5) is 0 Å². The molecular weight excluding hydrogens is 550 g/mol. The lowest BCUT2D eigenvalue weighted by molar-refractivity contribution is -0.143. The van der Waals surface area contributed by atoms with Crippen molar-refractivity contribution in [1.29, 1.82) is 0 Å². The van der Waals surface area contributed by atoms with Crippen LogP contribution in [0.1, 0.15) is 64.2 Å². The number of carbonyl (C=O) groups is 2. The fourth-order valence-electron chi connectivity index (χ4n) is 3.91. The molecule has 3 rings (SSSR count). The zero-order valence-electron chi connectivity index (χ0n) is 25.7. The number of aliphatic hydroxyl groups is 2. The summed E-state index contributed by atoms with van der Waals surface area (Å²) in [6, 6.07) is 19.1. The summed E-state index contributed by atoms with van der Waals surface area (Å²) in [4.78, 5) is 24.6. The first-order valence-corrected chi connectivity index (χ1v) is 14.3. The molecule has 43 heavy (non-hydrogen) atoms. The molecule has 0 spiro atoms. The van der Waals surface area contributed by atoms with E-state index in [1.54, 1.807) is 71.9 Å². The van der Waals surface area contributed by atoms with E-state index in [1.165, 1.54) is 12.1 Å². The number of phenols is 1. The topological polar surface area (TPSA) is 135 Å². The number of aliphatic hydroxyl groups excluding tert-OH is 2. The molecule has 9 nitrogen and oxygen atoms in total. The Morgan fingerprint density at radius 2 is 1.21 bits per heavy atom. The molecule has 3 aromatic rings. The highest BCUT2D eigenvalue weighted by Gasteiger charge is 2.25. The van der Waals surface area contributed by atoms with Crippen LogP contribution in [0.25, 0.3) is 0 Å². The molecular formula is C34H43NO8. The second-order valence-corrected chi connectivity index (χ2v) is 12.5. The highest BCUT2D eigenvalue weighted by Crippen LogP contribution is 2.29. The van der Waals surface area contributed by atoms with E-state index in [0.717, 1.165) is 11.1 Å². The summed E-state index contributed by atoms with van der Waals surface area (Å²) < 4.78 is 16.7. The van der Waals surface area contributed by atoms with Gasteiger partial charge in [-0.2, -0.15) is 0 Å². The van der Waals surface area contributed by atoms with Crippen molar-refractivity contribution in [3.63, 3.8) is 0 Å². The van der Waals surface area contributed by atoms with E-state index in [1.807, 2.05) is 24.3 Å². The highest BCUT2D eigenvalue weighted by molar-refractivity contribution is 5.78. The molecule has 9 heteroatoms. The van der Waals surface area contributed by atoms with Gasteiger partial charge in [0.25, 0.3) is 0 Å². The van der Waals surface area contributed by atoms with Gasteiger partial charge in [0.2, 0.25) is 0 Å². The number of hydrogen-bond donors (Lipinski definition) is 4. The van der Waals surface area contributed by atoms with Gasteiger partial charge in [0, 0.05) is 24.6 Å². The monoisotopic (exact) mass is 593 g/mol. The van der Waals surface area contributed by atoms with Crippen LogP contribution in [0.15, 0.2) is 66.7 Å². The van der Waals surface area contributed by atoms with Crippen LogP contribution in [0.3, 0.4) is 0 Å². The molecule has 4 N–H and O–H groups in total. The third kappa shape index (κ3) is 10.1.